The van der Waals surface area contributed by atoms with Crippen molar-refractivity contribution >= 4 is 44.2 Å². The molecule has 22 heteroatoms. The predicted molar refractivity (Wildman–Crippen MR) is 300 cm³/mol. The van der Waals surface area contributed by atoms with Gasteiger partial charge in [0.15, 0.2) is 11.5 Å². The fourth-order valence-corrected chi connectivity index (χ4v) is 13.2. The number of carbonyl (C=O) groups excluding carboxylic acids is 1. The van der Waals surface area contributed by atoms with Crippen LogP contribution in [0.3, 0.4) is 0 Å². The van der Waals surface area contributed by atoms with Crippen molar-refractivity contribution < 1.29 is 46.6 Å². The smallest absolute Gasteiger partial charge is 0.312 e. The van der Waals surface area contributed by atoms with Crippen LogP contribution in [0.5, 0.6) is 29.0 Å². The second-order valence-corrected chi connectivity index (χ2v) is 24.1. The highest BCUT2D eigenvalue weighted by atomic mass is 32.2. The number of carbonyl (C=O) groups is 1. The molecule has 4 N–H and O–H groups in total. The van der Waals surface area contributed by atoms with E-state index in [4.69, 9.17) is 18.9 Å². The van der Waals surface area contributed by atoms with Crippen LogP contribution in [0.4, 0.5) is 21.6 Å². The van der Waals surface area contributed by atoms with Crippen LogP contribution in [0.1, 0.15) is 118 Å². The number of nitrogens with one attached hydrogen (secondary N) is 3. The molecule has 4 aromatic heterocycles. The Morgan fingerprint density at radius 3 is 2.45 bits per heavy atom. The quantitative estimate of drug-likeness (QED) is 0.0436. The van der Waals surface area contributed by atoms with Crippen molar-refractivity contribution in [2.24, 2.45) is 11.3 Å². The van der Waals surface area contributed by atoms with Crippen molar-refractivity contribution in [3.63, 3.8) is 0 Å². The predicted octanol–water partition coefficient (Wildman–Crippen LogP) is 9.51. The lowest BCUT2D eigenvalue weighted by Gasteiger charge is -2.58. The van der Waals surface area contributed by atoms with E-state index in [0.29, 0.717) is 75.5 Å². The first-order chi connectivity index (χ1) is 38.4. The average Bonchev–Trinajstić information content (AvgIpc) is 3.82. The molecule has 6 aromatic rings. The number of ether oxygens (including phenoxy) is 4. The van der Waals surface area contributed by atoms with Crippen molar-refractivity contribution in [1.29, 1.82) is 0 Å². The number of aromatic nitrogens is 4. The Morgan fingerprint density at radius 1 is 0.975 bits per heavy atom. The Bertz CT molecular complexity index is 3350. The summed E-state index contributed by atoms with van der Waals surface area (Å²) in [4.78, 5) is 48.4. The van der Waals surface area contributed by atoms with Crippen molar-refractivity contribution in [2.45, 2.75) is 114 Å². The number of halogens is 1. The lowest BCUT2D eigenvalue weighted by molar-refractivity contribution is -0.384. The van der Waals surface area contributed by atoms with Gasteiger partial charge in [-0.15, -0.1) is 0 Å². The van der Waals surface area contributed by atoms with Gasteiger partial charge in [0.1, 0.15) is 22.1 Å². The zero-order chi connectivity index (χ0) is 56.5. The summed E-state index contributed by atoms with van der Waals surface area (Å²) in [6.07, 6.45) is 10.5. The van der Waals surface area contributed by atoms with Gasteiger partial charge in [-0.3, -0.25) is 24.7 Å². The number of fused-ring (bicyclic) bond motifs is 1. The molecule has 2 saturated carbocycles. The fraction of sp³-hybridized carbons (Fsp3) is 0.483. The minimum atomic E-state index is -4.76. The number of aliphatic hydroxyl groups is 1. The molecule has 2 aliphatic heterocycles. The number of benzene rings is 2. The van der Waals surface area contributed by atoms with Crippen LogP contribution in [-0.2, 0) is 16.6 Å². The van der Waals surface area contributed by atoms with E-state index in [1.807, 2.05) is 6.07 Å². The highest BCUT2D eigenvalue weighted by Gasteiger charge is 2.50. The van der Waals surface area contributed by atoms with E-state index in [1.54, 1.807) is 46.4 Å². The highest BCUT2D eigenvalue weighted by Crippen LogP contribution is 2.54. The van der Waals surface area contributed by atoms with Gasteiger partial charge >= 0.3 is 5.69 Å². The third kappa shape index (κ3) is 11.8. The molecule has 4 fully saturated rings. The van der Waals surface area contributed by atoms with E-state index in [9.17, 15) is 28.4 Å². The summed E-state index contributed by atoms with van der Waals surface area (Å²) in [5.74, 6) is -0.244. The van der Waals surface area contributed by atoms with E-state index in [2.05, 4.69) is 82.8 Å². The van der Waals surface area contributed by atoms with Gasteiger partial charge in [0.05, 0.1) is 48.5 Å². The average molecular weight is 1120 g/mol. The SMILES string of the molecule is CCOc1nc2[nH]cc(F)c2cc1Oc1cc(N2CCC3(CC2)CC(N2CCN(Cc4ccnc(OC)c4OC)C[C@H]2c2ccccc2C(C)C)C3)ccc1C(=O)NS(=O)(=O)c1cnc(NCC2CCC(C)(O)CC2)c([N+](=O)[O-])c1. The van der Waals surface area contributed by atoms with Gasteiger partial charge < -0.3 is 39.3 Å². The molecule has 10 rings (SSSR count). The molecule has 0 unspecified atom stereocenters. The van der Waals surface area contributed by atoms with E-state index in [-0.39, 0.29) is 63.8 Å². The number of rotatable bonds is 19. The molecule has 80 heavy (non-hydrogen) atoms. The minimum Gasteiger partial charge on any atom is -0.491 e. The number of piperidine rings is 1. The van der Waals surface area contributed by atoms with Gasteiger partial charge in [-0.2, -0.15) is 4.98 Å². The second kappa shape index (κ2) is 23.1. The van der Waals surface area contributed by atoms with Gasteiger partial charge in [0, 0.05) is 99.7 Å². The number of hydrogen-bond acceptors (Lipinski definition) is 17. The lowest BCUT2D eigenvalue weighted by atomic mass is 9.59. The molecule has 20 nitrogen and oxygen atoms in total. The van der Waals surface area contributed by atoms with Crippen LogP contribution in [0, 0.1) is 27.3 Å². The van der Waals surface area contributed by atoms with E-state index in [0.717, 1.165) is 75.0 Å². The first-order valence-electron chi connectivity index (χ1n) is 27.5. The number of amides is 1. The van der Waals surface area contributed by atoms with Crippen molar-refractivity contribution in [2.75, 3.05) is 70.3 Å². The van der Waals surface area contributed by atoms with Crippen LogP contribution >= 0.6 is 0 Å². The Balaban J connectivity index is 0.866. The monoisotopic (exact) mass is 1120 g/mol. The molecule has 6 heterocycles. The summed E-state index contributed by atoms with van der Waals surface area (Å²) < 4.78 is 68.6. The van der Waals surface area contributed by atoms with E-state index < -0.39 is 42.9 Å². The van der Waals surface area contributed by atoms with E-state index in [1.165, 1.54) is 23.3 Å². The third-order valence-electron chi connectivity index (χ3n) is 16.8. The summed E-state index contributed by atoms with van der Waals surface area (Å²) in [7, 11) is -1.50. The fourth-order valence-electron chi connectivity index (χ4n) is 12.3. The van der Waals surface area contributed by atoms with Gasteiger partial charge in [0.25, 0.3) is 27.7 Å². The molecule has 0 radical (unpaired) electrons. The zero-order valence-corrected chi connectivity index (χ0v) is 47.0. The van der Waals surface area contributed by atoms with E-state index >= 15 is 4.39 Å². The maximum absolute atomic E-state index is 15.0. The molecular weight excluding hydrogens is 1050 g/mol. The first kappa shape index (κ1) is 56.1. The zero-order valence-electron chi connectivity index (χ0n) is 46.2. The first-order valence-corrected chi connectivity index (χ1v) is 29.0. The van der Waals surface area contributed by atoms with Gasteiger partial charge in [-0.25, -0.2) is 27.5 Å². The van der Waals surface area contributed by atoms with Crippen LogP contribution in [-0.4, -0.2) is 126 Å². The molecule has 1 atom stereocenters. The van der Waals surface area contributed by atoms with Crippen LogP contribution < -0.4 is 33.9 Å². The van der Waals surface area contributed by atoms with Crippen molar-refractivity contribution in [1.82, 2.24) is 34.5 Å². The van der Waals surface area contributed by atoms with Crippen molar-refractivity contribution in [3.8, 4) is 29.0 Å². The van der Waals surface area contributed by atoms with Gasteiger partial charge in [-0.05, 0) is 112 Å². The number of piperazine rings is 1. The molecule has 1 amide bonds. The normalized spacial score (nSPS) is 20.8. The van der Waals surface area contributed by atoms with Crippen LogP contribution in [0.25, 0.3) is 11.0 Å². The lowest BCUT2D eigenvalue weighted by Crippen LogP contribution is -2.60. The second-order valence-electron chi connectivity index (χ2n) is 22.4. The summed E-state index contributed by atoms with van der Waals surface area (Å²) in [6, 6.07) is 18.6. The highest BCUT2D eigenvalue weighted by molar-refractivity contribution is 7.90. The summed E-state index contributed by atoms with van der Waals surface area (Å²) in [5, 5.41) is 25.7. The number of aromatic amines is 1. The number of H-pyrrole nitrogens is 1. The minimum absolute atomic E-state index is 0.0131. The maximum atomic E-state index is 15.0. The van der Waals surface area contributed by atoms with Crippen molar-refractivity contribution in [3.05, 3.63) is 117 Å². The molecule has 2 saturated heterocycles. The number of anilines is 2. The summed E-state index contributed by atoms with van der Waals surface area (Å²) >= 11 is 0. The maximum Gasteiger partial charge on any atom is 0.312 e. The topological polar surface area (TPSA) is 240 Å². The van der Waals surface area contributed by atoms with Crippen LogP contribution in [0.2, 0.25) is 0 Å². The Morgan fingerprint density at radius 2 is 1.74 bits per heavy atom. The third-order valence-corrected chi connectivity index (χ3v) is 18.1. The van der Waals surface area contributed by atoms with Gasteiger partial charge in [0.2, 0.25) is 5.82 Å². The molecule has 0 bridgehead atoms. The molecule has 2 aromatic carbocycles. The molecule has 2 aliphatic carbocycles. The number of sulfonamides is 1. The Hall–Kier alpha value is -7.14. The molecular formula is C58H71FN10O10S. The molecule has 4 aliphatic rings. The molecule has 1 spiro atoms. The molecule has 426 valence electrons. The van der Waals surface area contributed by atoms with Crippen LogP contribution in [0.15, 0.2) is 84.1 Å². The number of hydrogen-bond donors (Lipinski definition) is 4. The standard InChI is InChI=1S/C58H71FN10O10S/c1-7-78-55-50(28-45-46(59)33-63-52(45)64-55)79-49-26-39(12-13-44(49)54(70)65-80(74,75)41-27-47(69(72)73)53(62-32-41)61-31-37-14-17-57(4,71)18-15-37)67-22-19-58(20-23-67)29-40(30-58)68-25-24-66(34-38-16-21-60-56(77-6)51(38)76-5)35-48(68)43-11-9-8-10-42(43)36(2)3/h8-13,16,21,26-28,32-33,36-37,40,48,71H,7,14-15,17-20,22-25,29-31,34-35H2,1-6H3,(H,61,62)(H,63,64)(H,65,70)/t37?,48-,57?/m0/s1. The number of nitrogens with zero attached hydrogens (tertiary/aromatic N) is 7. The number of methoxy groups -OCH3 is 2. The van der Waals surface area contributed by atoms with Gasteiger partial charge in [-0.1, -0.05) is 38.1 Å². The summed E-state index contributed by atoms with van der Waals surface area (Å²) in [5.41, 5.74) is 3.29. The Kier molecular flexibility index (Phi) is 16.2. The summed E-state index contributed by atoms with van der Waals surface area (Å²) in [6.45, 7) is 13.3. The number of pyridine rings is 3. The number of nitro groups is 1. The Labute approximate surface area is 465 Å². The largest absolute Gasteiger partial charge is 0.491 e.